The Morgan fingerprint density at radius 1 is 1.12 bits per heavy atom. The molecule has 0 fully saturated rings. The van der Waals surface area contributed by atoms with Gasteiger partial charge in [0.1, 0.15) is 17.2 Å². The van der Waals surface area contributed by atoms with Crippen molar-refractivity contribution in [3.05, 3.63) is 30.1 Å². The summed E-state index contributed by atoms with van der Waals surface area (Å²) >= 11 is 0. The number of carbonyl (C=O) groups excluding carboxylic acids is 1. The molecule has 0 saturated heterocycles. The highest BCUT2D eigenvalue weighted by atomic mass is 16.5. The fourth-order valence-electron chi connectivity index (χ4n) is 1.70. The first kappa shape index (κ1) is 10.4. The third-order valence-corrected chi connectivity index (χ3v) is 2.43. The van der Waals surface area contributed by atoms with E-state index in [4.69, 9.17) is 9.47 Å². The highest BCUT2D eigenvalue weighted by molar-refractivity contribution is 6.02. The van der Waals surface area contributed by atoms with Crippen LogP contribution >= 0.6 is 0 Å². The Hall–Kier alpha value is -2.10. The van der Waals surface area contributed by atoms with Gasteiger partial charge in [0.25, 0.3) is 0 Å². The van der Waals surface area contributed by atoms with E-state index in [2.05, 4.69) is 4.98 Å². The zero-order valence-corrected chi connectivity index (χ0v) is 9.06. The van der Waals surface area contributed by atoms with Gasteiger partial charge in [-0.15, -0.1) is 0 Å². The Morgan fingerprint density at radius 2 is 1.81 bits per heavy atom. The highest BCUT2D eigenvalue weighted by Crippen LogP contribution is 2.33. The molecule has 0 saturated carbocycles. The second-order valence-corrected chi connectivity index (χ2v) is 3.21. The third-order valence-electron chi connectivity index (χ3n) is 2.43. The average molecular weight is 217 g/mol. The summed E-state index contributed by atoms with van der Waals surface area (Å²) in [7, 11) is 3.14. The van der Waals surface area contributed by atoms with E-state index < -0.39 is 0 Å². The molecule has 0 aliphatic carbocycles. The first-order valence-electron chi connectivity index (χ1n) is 4.76. The van der Waals surface area contributed by atoms with Gasteiger partial charge in [-0.2, -0.15) is 0 Å². The quantitative estimate of drug-likeness (QED) is 0.738. The normalized spacial score (nSPS) is 10.1. The highest BCUT2D eigenvalue weighted by Gasteiger charge is 2.11. The second kappa shape index (κ2) is 4.18. The molecule has 0 radical (unpaired) electrons. The first-order valence-corrected chi connectivity index (χ1v) is 4.76. The number of aldehydes is 1. The zero-order valence-electron chi connectivity index (χ0n) is 9.06. The maximum Gasteiger partial charge on any atom is 0.169 e. The Kier molecular flexibility index (Phi) is 2.72. The van der Waals surface area contributed by atoms with Crippen molar-refractivity contribution in [2.45, 2.75) is 0 Å². The molecule has 1 aromatic carbocycles. The van der Waals surface area contributed by atoms with Crippen molar-refractivity contribution in [1.82, 2.24) is 4.98 Å². The van der Waals surface area contributed by atoms with Crippen molar-refractivity contribution in [1.29, 1.82) is 0 Å². The summed E-state index contributed by atoms with van der Waals surface area (Å²) in [5.74, 6) is 1.31. The van der Waals surface area contributed by atoms with Gasteiger partial charge >= 0.3 is 0 Å². The van der Waals surface area contributed by atoms with Crippen LogP contribution in [0.5, 0.6) is 11.5 Å². The Labute approximate surface area is 92.8 Å². The molecule has 0 spiro atoms. The fourth-order valence-corrected chi connectivity index (χ4v) is 1.70. The monoisotopic (exact) mass is 217 g/mol. The van der Waals surface area contributed by atoms with Crippen molar-refractivity contribution >= 4 is 17.1 Å². The number of carbonyl (C=O) groups is 1. The van der Waals surface area contributed by atoms with Crippen molar-refractivity contribution in [3.63, 3.8) is 0 Å². The largest absolute Gasteiger partial charge is 0.496 e. The lowest BCUT2D eigenvalue weighted by Crippen LogP contribution is -1.95. The van der Waals surface area contributed by atoms with Crippen LogP contribution in [-0.4, -0.2) is 25.5 Å². The SMILES string of the molecule is COc1ccc(OC)c2c(C=O)nccc12. The first-order chi connectivity index (χ1) is 7.81. The van der Waals surface area contributed by atoms with Crippen molar-refractivity contribution in [3.8, 4) is 11.5 Å². The summed E-state index contributed by atoms with van der Waals surface area (Å²) in [6.07, 6.45) is 2.29. The van der Waals surface area contributed by atoms with E-state index in [9.17, 15) is 4.79 Å². The zero-order chi connectivity index (χ0) is 11.5. The van der Waals surface area contributed by atoms with Gasteiger partial charge < -0.3 is 9.47 Å². The van der Waals surface area contributed by atoms with Crippen LogP contribution in [0, 0.1) is 0 Å². The van der Waals surface area contributed by atoms with E-state index in [0.29, 0.717) is 28.9 Å². The molecule has 4 heteroatoms. The molecule has 0 unspecified atom stereocenters. The average Bonchev–Trinajstić information content (AvgIpc) is 2.36. The predicted molar refractivity (Wildman–Crippen MR) is 60.2 cm³/mol. The Morgan fingerprint density at radius 3 is 2.44 bits per heavy atom. The van der Waals surface area contributed by atoms with E-state index in [-0.39, 0.29) is 0 Å². The van der Waals surface area contributed by atoms with Crippen molar-refractivity contribution in [2.24, 2.45) is 0 Å². The van der Waals surface area contributed by atoms with Crippen LogP contribution < -0.4 is 9.47 Å². The number of pyridine rings is 1. The van der Waals surface area contributed by atoms with E-state index in [0.717, 1.165) is 5.39 Å². The van der Waals surface area contributed by atoms with Crippen LogP contribution in [0.1, 0.15) is 10.5 Å². The lowest BCUT2D eigenvalue weighted by atomic mass is 10.1. The molecular weight excluding hydrogens is 206 g/mol. The third kappa shape index (κ3) is 1.48. The second-order valence-electron chi connectivity index (χ2n) is 3.21. The maximum atomic E-state index is 10.9. The number of nitrogens with zero attached hydrogens (tertiary/aromatic N) is 1. The molecule has 1 aromatic heterocycles. The van der Waals surface area contributed by atoms with Gasteiger partial charge in [0.2, 0.25) is 0 Å². The number of benzene rings is 1. The van der Waals surface area contributed by atoms with Crippen LogP contribution in [-0.2, 0) is 0 Å². The lowest BCUT2D eigenvalue weighted by molar-refractivity contribution is 0.112. The van der Waals surface area contributed by atoms with Crippen LogP contribution in [0.3, 0.4) is 0 Å². The summed E-state index contributed by atoms with van der Waals surface area (Å²) < 4.78 is 10.4. The van der Waals surface area contributed by atoms with Gasteiger partial charge in [-0.1, -0.05) is 0 Å². The number of aromatic nitrogens is 1. The topological polar surface area (TPSA) is 48.4 Å². The van der Waals surface area contributed by atoms with Gasteiger partial charge in [-0.25, -0.2) is 0 Å². The summed E-state index contributed by atoms with van der Waals surface area (Å²) in [5, 5.41) is 1.50. The van der Waals surface area contributed by atoms with Gasteiger partial charge in [0.15, 0.2) is 6.29 Å². The number of methoxy groups -OCH3 is 2. The van der Waals surface area contributed by atoms with Crippen LogP contribution in [0.15, 0.2) is 24.4 Å². The molecule has 0 aliphatic rings. The van der Waals surface area contributed by atoms with Crippen molar-refractivity contribution < 1.29 is 14.3 Å². The van der Waals surface area contributed by atoms with Gasteiger partial charge in [0, 0.05) is 11.6 Å². The van der Waals surface area contributed by atoms with Crippen LogP contribution in [0.25, 0.3) is 10.8 Å². The molecule has 1 heterocycles. The maximum absolute atomic E-state index is 10.9. The molecule has 82 valence electrons. The molecule has 2 rings (SSSR count). The van der Waals surface area contributed by atoms with Crippen LogP contribution in [0.2, 0.25) is 0 Å². The molecule has 0 bridgehead atoms. The van der Waals surface area contributed by atoms with E-state index in [1.165, 1.54) is 0 Å². The summed E-state index contributed by atoms with van der Waals surface area (Å²) in [4.78, 5) is 14.9. The Bertz CT molecular complexity index is 537. The minimum atomic E-state index is 0.355. The van der Waals surface area contributed by atoms with Gasteiger partial charge in [0.05, 0.1) is 19.6 Å². The molecule has 4 nitrogen and oxygen atoms in total. The number of hydrogen-bond acceptors (Lipinski definition) is 4. The minimum absolute atomic E-state index is 0.355. The summed E-state index contributed by atoms with van der Waals surface area (Å²) in [6.45, 7) is 0. The Balaban J connectivity index is 2.89. The smallest absolute Gasteiger partial charge is 0.169 e. The fraction of sp³-hybridized carbons (Fsp3) is 0.167. The lowest BCUT2D eigenvalue weighted by Gasteiger charge is -2.10. The molecule has 0 N–H and O–H groups in total. The molecule has 16 heavy (non-hydrogen) atoms. The van der Waals surface area contributed by atoms with Crippen molar-refractivity contribution in [2.75, 3.05) is 14.2 Å². The number of rotatable bonds is 3. The molecule has 0 amide bonds. The van der Waals surface area contributed by atoms with Crippen LogP contribution in [0.4, 0.5) is 0 Å². The molecule has 2 aromatic rings. The minimum Gasteiger partial charge on any atom is -0.496 e. The molecule has 0 atom stereocenters. The molecular formula is C12H11NO3. The van der Waals surface area contributed by atoms with E-state index >= 15 is 0 Å². The summed E-state index contributed by atoms with van der Waals surface area (Å²) in [5.41, 5.74) is 0.355. The van der Waals surface area contributed by atoms with E-state index in [1.807, 2.05) is 0 Å². The number of fused-ring (bicyclic) bond motifs is 1. The van der Waals surface area contributed by atoms with E-state index in [1.54, 1.807) is 38.6 Å². The van der Waals surface area contributed by atoms with Gasteiger partial charge in [-0.05, 0) is 18.2 Å². The number of hydrogen-bond donors (Lipinski definition) is 0. The standard InChI is InChI=1S/C12H11NO3/c1-15-10-3-4-11(16-2)12-8(10)5-6-13-9(12)7-14/h3-7H,1-2H3. The molecule has 0 aliphatic heterocycles. The predicted octanol–water partition coefficient (Wildman–Crippen LogP) is 2.06. The summed E-state index contributed by atoms with van der Waals surface area (Å²) in [6, 6.07) is 5.36. The number of ether oxygens (including phenoxy) is 2. The van der Waals surface area contributed by atoms with Gasteiger partial charge in [-0.3, -0.25) is 9.78 Å².